The molecule has 1 amide bonds. The Bertz CT molecular complexity index is 611. The second-order valence-electron chi connectivity index (χ2n) is 6.88. The van der Waals surface area contributed by atoms with Crippen LogP contribution in [0.1, 0.15) is 25.3 Å². The Balaban J connectivity index is 1.72. The molecule has 0 spiro atoms. The zero-order valence-corrected chi connectivity index (χ0v) is 16.9. The van der Waals surface area contributed by atoms with E-state index in [1.807, 2.05) is 18.2 Å². The van der Waals surface area contributed by atoms with Crippen LogP contribution in [0, 0.1) is 0 Å². The first kappa shape index (κ1) is 21.3. The monoisotopic (exact) mass is 375 g/mol. The Kier molecular flexibility index (Phi) is 9.15. The number of carbonyl (C=O) groups excluding carboxylic acids is 1. The van der Waals surface area contributed by atoms with Gasteiger partial charge in [0.05, 0.1) is 13.7 Å². The fourth-order valence-electron chi connectivity index (χ4n) is 2.94. The number of nitrogens with zero attached hydrogens (tertiary/aromatic N) is 2. The van der Waals surface area contributed by atoms with Gasteiger partial charge in [0, 0.05) is 38.8 Å². The highest BCUT2D eigenvalue weighted by Crippen LogP contribution is 2.28. The summed E-state index contributed by atoms with van der Waals surface area (Å²) < 4.78 is 11.0. The normalized spacial score (nSPS) is 15.8. The second kappa shape index (κ2) is 11.6. The number of rotatable bonds is 10. The number of ether oxygens (including phenoxy) is 2. The van der Waals surface area contributed by atoms with E-state index in [0.717, 1.165) is 56.9 Å². The summed E-state index contributed by atoms with van der Waals surface area (Å²) in [6.45, 7) is 8.93. The fraction of sp³-hybridized carbons (Fsp3) is 0.571. The largest absolute Gasteiger partial charge is 0.493 e. The van der Waals surface area contributed by atoms with Gasteiger partial charge in [0.1, 0.15) is 0 Å². The van der Waals surface area contributed by atoms with Gasteiger partial charge in [-0.1, -0.05) is 13.0 Å². The molecular formula is C21H33N3O3. The van der Waals surface area contributed by atoms with Crippen molar-refractivity contribution < 1.29 is 14.3 Å². The molecule has 0 radical (unpaired) electrons. The zero-order valence-electron chi connectivity index (χ0n) is 16.9. The zero-order chi connectivity index (χ0) is 19.5. The van der Waals surface area contributed by atoms with Crippen molar-refractivity contribution in [1.82, 2.24) is 15.1 Å². The van der Waals surface area contributed by atoms with Crippen molar-refractivity contribution in [3.8, 4) is 11.5 Å². The Morgan fingerprint density at radius 3 is 2.70 bits per heavy atom. The number of hydrogen-bond acceptors (Lipinski definition) is 5. The van der Waals surface area contributed by atoms with Crippen LogP contribution in [0.5, 0.6) is 11.5 Å². The van der Waals surface area contributed by atoms with E-state index >= 15 is 0 Å². The quantitative estimate of drug-likeness (QED) is 0.502. The van der Waals surface area contributed by atoms with E-state index < -0.39 is 0 Å². The highest BCUT2D eigenvalue weighted by molar-refractivity contribution is 5.91. The van der Waals surface area contributed by atoms with Gasteiger partial charge in [-0.2, -0.15) is 0 Å². The molecule has 0 aromatic heterocycles. The van der Waals surface area contributed by atoms with Crippen molar-refractivity contribution in [2.45, 2.75) is 19.8 Å². The lowest BCUT2D eigenvalue weighted by Gasteiger charge is -2.32. The van der Waals surface area contributed by atoms with Gasteiger partial charge < -0.3 is 24.6 Å². The van der Waals surface area contributed by atoms with Gasteiger partial charge >= 0.3 is 0 Å². The minimum atomic E-state index is -0.0707. The minimum Gasteiger partial charge on any atom is -0.493 e. The molecule has 1 saturated heterocycles. The van der Waals surface area contributed by atoms with Gasteiger partial charge in [-0.15, -0.1) is 0 Å². The van der Waals surface area contributed by atoms with Crippen LogP contribution in [0.25, 0.3) is 6.08 Å². The first-order chi connectivity index (χ1) is 13.1. The number of carbonyl (C=O) groups is 1. The summed E-state index contributed by atoms with van der Waals surface area (Å²) in [5, 5.41) is 2.95. The summed E-state index contributed by atoms with van der Waals surface area (Å²) >= 11 is 0. The summed E-state index contributed by atoms with van der Waals surface area (Å²) in [7, 11) is 3.78. The Labute approximate surface area is 163 Å². The van der Waals surface area contributed by atoms with Crippen molar-refractivity contribution in [2.75, 3.05) is 60.0 Å². The maximum atomic E-state index is 12.0. The average Bonchev–Trinajstić information content (AvgIpc) is 2.69. The van der Waals surface area contributed by atoms with Gasteiger partial charge in [-0.25, -0.2) is 0 Å². The second-order valence-corrected chi connectivity index (χ2v) is 6.88. The molecule has 1 aromatic carbocycles. The van der Waals surface area contributed by atoms with Crippen LogP contribution >= 0.6 is 0 Å². The predicted molar refractivity (Wildman–Crippen MR) is 109 cm³/mol. The van der Waals surface area contributed by atoms with Crippen molar-refractivity contribution >= 4 is 12.0 Å². The van der Waals surface area contributed by atoms with Crippen molar-refractivity contribution in [2.24, 2.45) is 0 Å². The third-order valence-corrected chi connectivity index (χ3v) is 4.62. The van der Waals surface area contributed by atoms with Crippen LogP contribution in [0.3, 0.4) is 0 Å². The molecule has 0 atom stereocenters. The van der Waals surface area contributed by atoms with Gasteiger partial charge in [-0.05, 0) is 50.2 Å². The molecule has 1 N–H and O–H groups in total. The van der Waals surface area contributed by atoms with E-state index in [1.54, 1.807) is 19.3 Å². The molecule has 1 aliphatic rings. The lowest BCUT2D eigenvalue weighted by Crippen LogP contribution is -2.45. The molecular weight excluding hydrogens is 342 g/mol. The topological polar surface area (TPSA) is 54.0 Å². The van der Waals surface area contributed by atoms with E-state index in [2.05, 4.69) is 29.1 Å². The Morgan fingerprint density at radius 1 is 1.22 bits per heavy atom. The van der Waals surface area contributed by atoms with Gasteiger partial charge in [0.15, 0.2) is 11.5 Å². The van der Waals surface area contributed by atoms with E-state index in [0.29, 0.717) is 18.9 Å². The molecule has 0 saturated carbocycles. The first-order valence-corrected chi connectivity index (χ1v) is 9.80. The molecule has 1 aromatic rings. The van der Waals surface area contributed by atoms with Crippen molar-refractivity contribution in [3.63, 3.8) is 0 Å². The van der Waals surface area contributed by atoms with E-state index in [-0.39, 0.29) is 5.91 Å². The molecule has 0 bridgehead atoms. The minimum absolute atomic E-state index is 0.0707. The summed E-state index contributed by atoms with van der Waals surface area (Å²) in [5.74, 6) is 1.33. The highest BCUT2D eigenvalue weighted by Gasteiger charge is 2.12. The summed E-state index contributed by atoms with van der Waals surface area (Å²) in [6, 6.07) is 5.68. The van der Waals surface area contributed by atoms with E-state index in [4.69, 9.17) is 9.47 Å². The molecule has 1 heterocycles. The number of benzene rings is 1. The summed E-state index contributed by atoms with van der Waals surface area (Å²) in [5.41, 5.74) is 0.906. The molecule has 2 rings (SSSR count). The van der Waals surface area contributed by atoms with Crippen LogP contribution in [-0.4, -0.2) is 75.7 Å². The number of likely N-dealkylation sites (N-methyl/N-ethyl adjacent to an activating group) is 1. The van der Waals surface area contributed by atoms with Crippen molar-refractivity contribution in [3.05, 3.63) is 29.8 Å². The van der Waals surface area contributed by atoms with Crippen LogP contribution in [0.2, 0.25) is 0 Å². The van der Waals surface area contributed by atoms with Crippen molar-refractivity contribution in [1.29, 1.82) is 0 Å². The molecule has 27 heavy (non-hydrogen) atoms. The van der Waals surface area contributed by atoms with Crippen LogP contribution in [0.15, 0.2) is 24.3 Å². The third-order valence-electron chi connectivity index (χ3n) is 4.62. The number of piperazine rings is 1. The average molecular weight is 376 g/mol. The predicted octanol–water partition coefficient (Wildman–Crippen LogP) is 2.25. The van der Waals surface area contributed by atoms with Gasteiger partial charge in [0.25, 0.3) is 0 Å². The molecule has 0 unspecified atom stereocenters. The number of methoxy groups -OCH3 is 1. The lowest BCUT2D eigenvalue weighted by atomic mass is 10.2. The standard InChI is InChI=1S/C21H33N3O3/c1-4-16-27-19-8-6-18(17-20(19)26-3)7-9-21(25)22-10-5-11-24-14-12-23(2)13-15-24/h6-9,17H,4-5,10-16H2,1-3H3,(H,22,25)/b9-7+. The number of nitrogens with one attached hydrogen (secondary N) is 1. The molecule has 150 valence electrons. The van der Waals surface area contributed by atoms with Crippen LogP contribution in [-0.2, 0) is 4.79 Å². The molecule has 6 heteroatoms. The summed E-state index contributed by atoms with van der Waals surface area (Å²) in [6.07, 6.45) is 5.28. The lowest BCUT2D eigenvalue weighted by molar-refractivity contribution is -0.116. The SMILES string of the molecule is CCCOc1ccc(/C=C/C(=O)NCCCN2CCN(C)CC2)cc1OC. The molecule has 6 nitrogen and oxygen atoms in total. The highest BCUT2D eigenvalue weighted by atomic mass is 16.5. The third kappa shape index (κ3) is 7.61. The Hall–Kier alpha value is -2.05. The molecule has 1 aliphatic heterocycles. The van der Waals surface area contributed by atoms with Gasteiger partial charge in [0.2, 0.25) is 5.91 Å². The van der Waals surface area contributed by atoms with E-state index in [1.165, 1.54) is 0 Å². The smallest absolute Gasteiger partial charge is 0.243 e. The van der Waals surface area contributed by atoms with Gasteiger partial charge in [-0.3, -0.25) is 4.79 Å². The van der Waals surface area contributed by atoms with Crippen LogP contribution < -0.4 is 14.8 Å². The maximum absolute atomic E-state index is 12.0. The molecule has 0 aliphatic carbocycles. The van der Waals surface area contributed by atoms with E-state index in [9.17, 15) is 4.79 Å². The summed E-state index contributed by atoms with van der Waals surface area (Å²) in [4.78, 5) is 16.8. The number of amides is 1. The molecule has 1 fully saturated rings. The first-order valence-electron chi connectivity index (χ1n) is 9.80. The van der Waals surface area contributed by atoms with Crippen LogP contribution in [0.4, 0.5) is 0 Å². The number of hydrogen-bond donors (Lipinski definition) is 1. The Morgan fingerprint density at radius 2 is 2.00 bits per heavy atom. The maximum Gasteiger partial charge on any atom is 0.243 e. The fourth-order valence-corrected chi connectivity index (χ4v) is 2.94.